The van der Waals surface area contributed by atoms with Gasteiger partial charge in [-0.1, -0.05) is 5.16 Å². The van der Waals surface area contributed by atoms with Gasteiger partial charge in [0.1, 0.15) is 11.5 Å². The lowest BCUT2D eigenvalue weighted by atomic mass is 10.1. The number of rotatable bonds is 5. The lowest BCUT2D eigenvalue weighted by Crippen LogP contribution is -2.46. The third-order valence-corrected chi connectivity index (χ3v) is 5.93. The number of ether oxygens (including phenoxy) is 1. The summed E-state index contributed by atoms with van der Waals surface area (Å²) in [5.41, 5.74) is 3.09. The molecule has 0 spiro atoms. The van der Waals surface area contributed by atoms with Gasteiger partial charge in [0.2, 0.25) is 0 Å². The van der Waals surface area contributed by atoms with Gasteiger partial charge in [0.25, 0.3) is 12.0 Å². The van der Waals surface area contributed by atoms with Gasteiger partial charge in [0.05, 0.1) is 37.0 Å². The number of hydrogen-bond donors (Lipinski definition) is 0. The molecule has 0 atom stereocenters. The van der Waals surface area contributed by atoms with Crippen molar-refractivity contribution in [2.24, 2.45) is 0 Å². The Balaban J connectivity index is 1.26. The maximum absolute atomic E-state index is 12.6. The Morgan fingerprint density at radius 3 is 2.81 bits per heavy atom. The van der Waals surface area contributed by atoms with E-state index in [-0.39, 0.29) is 0 Å². The second-order valence-corrected chi connectivity index (χ2v) is 7.89. The summed E-state index contributed by atoms with van der Waals surface area (Å²) in [4.78, 5) is 21.2. The third-order valence-electron chi connectivity index (χ3n) is 5.93. The van der Waals surface area contributed by atoms with Crippen LogP contribution in [-0.4, -0.2) is 58.8 Å². The molecule has 1 aromatic carbocycles. The minimum atomic E-state index is -2.59. The van der Waals surface area contributed by atoms with Crippen molar-refractivity contribution in [2.45, 2.75) is 32.5 Å². The van der Waals surface area contributed by atoms with E-state index in [1.165, 1.54) is 6.33 Å². The molecule has 4 heterocycles. The molecule has 0 unspecified atom stereocenters. The van der Waals surface area contributed by atoms with E-state index < -0.39 is 18.5 Å². The molecular formula is C21H23F2N5O3. The summed E-state index contributed by atoms with van der Waals surface area (Å²) in [7, 11) is 0. The minimum absolute atomic E-state index is 0.351. The molecule has 5 rings (SSSR count). The smallest absolute Gasteiger partial charge is 0.261 e. The Bertz CT molecular complexity index is 1140. The topological polar surface area (TPSA) is 76.6 Å². The van der Waals surface area contributed by atoms with Crippen LogP contribution in [-0.2, 0) is 30.9 Å². The largest absolute Gasteiger partial charge is 0.376 e. The first-order valence-corrected chi connectivity index (χ1v) is 10.4. The van der Waals surface area contributed by atoms with Crippen LogP contribution in [0.5, 0.6) is 0 Å². The summed E-state index contributed by atoms with van der Waals surface area (Å²) in [6.07, 6.45) is -0.622. The highest BCUT2D eigenvalue weighted by atomic mass is 19.3. The SMILES string of the molecule is O=c1c2ccc(N3CCN(Cc4noc5c4COCC5)CC3)cc2ncn1CC(F)F. The maximum Gasteiger partial charge on any atom is 0.261 e. The number of fused-ring (bicyclic) bond motifs is 2. The summed E-state index contributed by atoms with van der Waals surface area (Å²) < 4.78 is 37.2. The molecule has 0 radical (unpaired) electrons. The number of nitrogens with zero attached hydrogens (tertiary/aromatic N) is 5. The Morgan fingerprint density at radius 2 is 2.00 bits per heavy atom. The molecule has 0 saturated carbocycles. The number of halogens is 2. The maximum atomic E-state index is 12.6. The number of alkyl halides is 2. The molecule has 8 nitrogen and oxygen atoms in total. The van der Waals surface area contributed by atoms with Gasteiger partial charge in [-0.15, -0.1) is 0 Å². The van der Waals surface area contributed by atoms with Gasteiger partial charge in [-0.3, -0.25) is 14.3 Å². The Morgan fingerprint density at radius 1 is 1.16 bits per heavy atom. The second kappa shape index (κ2) is 8.35. The molecule has 2 aliphatic rings. The molecule has 1 fully saturated rings. The van der Waals surface area contributed by atoms with Crippen LogP contribution in [0.15, 0.2) is 33.8 Å². The van der Waals surface area contributed by atoms with Crippen molar-refractivity contribution < 1.29 is 18.0 Å². The first kappa shape index (κ1) is 20.1. The van der Waals surface area contributed by atoms with E-state index in [1.54, 1.807) is 6.07 Å². The Kier molecular flexibility index (Phi) is 5.41. The van der Waals surface area contributed by atoms with Crippen LogP contribution in [0.3, 0.4) is 0 Å². The van der Waals surface area contributed by atoms with E-state index in [4.69, 9.17) is 9.26 Å². The zero-order valence-corrected chi connectivity index (χ0v) is 17.0. The van der Waals surface area contributed by atoms with Crippen molar-refractivity contribution in [1.29, 1.82) is 0 Å². The van der Waals surface area contributed by atoms with Gasteiger partial charge in [-0.25, -0.2) is 13.8 Å². The molecule has 0 amide bonds. The van der Waals surface area contributed by atoms with Crippen molar-refractivity contribution in [1.82, 2.24) is 19.6 Å². The summed E-state index contributed by atoms with van der Waals surface area (Å²) in [6.45, 7) is 4.71. The average Bonchev–Trinajstić information content (AvgIpc) is 3.19. The molecule has 0 aliphatic carbocycles. The van der Waals surface area contributed by atoms with Gasteiger partial charge in [-0.05, 0) is 18.2 Å². The Labute approximate surface area is 177 Å². The summed E-state index contributed by atoms with van der Waals surface area (Å²) >= 11 is 0. The molecule has 10 heteroatoms. The highest BCUT2D eigenvalue weighted by molar-refractivity contribution is 5.81. The lowest BCUT2D eigenvalue weighted by Gasteiger charge is -2.36. The fourth-order valence-electron chi connectivity index (χ4n) is 4.20. The van der Waals surface area contributed by atoms with E-state index in [1.807, 2.05) is 12.1 Å². The zero-order valence-electron chi connectivity index (χ0n) is 17.0. The van der Waals surface area contributed by atoms with Crippen molar-refractivity contribution in [3.8, 4) is 0 Å². The average molecular weight is 431 g/mol. The standard InChI is InChI=1S/C21H23F2N5O3/c22-20(23)11-28-13-24-17-9-14(1-2-15(17)21(28)29)27-6-4-26(5-7-27)10-18-16-12-30-8-3-19(16)31-25-18/h1-2,9,13,20H,3-8,10-12H2. The van der Waals surface area contributed by atoms with Crippen molar-refractivity contribution in [3.63, 3.8) is 0 Å². The van der Waals surface area contributed by atoms with Crippen molar-refractivity contribution in [2.75, 3.05) is 37.7 Å². The minimum Gasteiger partial charge on any atom is -0.376 e. The first-order chi connectivity index (χ1) is 15.1. The summed E-state index contributed by atoms with van der Waals surface area (Å²) in [5, 5.41) is 4.59. The number of anilines is 1. The molecule has 0 bridgehead atoms. The van der Waals surface area contributed by atoms with E-state index in [9.17, 15) is 13.6 Å². The van der Waals surface area contributed by atoms with Gasteiger partial charge >= 0.3 is 0 Å². The highest BCUT2D eigenvalue weighted by Gasteiger charge is 2.24. The van der Waals surface area contributed by atoms with Gasteiger partial charge in [-0.2, -0.15) is 0 Å². The fraction of sp³-hybridized carbons (Fsp3) is 0.476. The van der Waals surface area contributed by atoms with Crippen LogP contribution in [0.25, 0.3) is 10.9 Å². The predicted octanol–water partition coefficient (Wildman–Crippen LogP) is 2.04. The number of hydrogen-bond acceptors (Lipinski definition) is 7. The molecule has 31 heavy (non-hydrogen) atoms. The molecule has 164 valence electrons. The number of aromatic nitrogens is 3. The normalized spacial score (nSPS) is 17.5. The van der Waals surface area contributed by atoms with Crippen LogP contribution in [0.2, 0.25) is 0 Å². The van der Waals surface area contributed by atoms with Crippen LogP contribution >= 0.6 is 0 Å². The van der Waals surface area contributed by atoms with Gasteiger partial charge in [0, 0.05) is 50.4 Å². The zero-order chi connectivity index (χ0) is 21.4. The molecule has 1 saturated heterocycles. The molecule has 2 aromatic heterocycles. The third kappa shape index (κ3) is 4.05. The monoisotopic (exact) mass is 431 g/mol. The van der Waals surface area contributed by atoms with Crippen LogP contribution in [0, 0.1) is 0 Å². The van der Waals surface area contributed by atoms with E-state index >= 15 is 0 Å². The predicted molar refractivity (Wildman–Crippen MR) is 109 cm³/mol. The van der Waals surface area contributed by atoms with Gasteiger partial charge < -0.3 is 14.2 Å². The fourth-order valence-corrected chi connectivity index (χ4v) is 4.20. The lowest BCUT2D eigenvalue weighted by molar-refractivity contribution is 0.102. The van der Waals surface area contributed by atoms with Crippen molar-refractivity contribution >= 4 is 16.6 Å². The number of benzene rings is 1. The summed E-state index contributed by atoms with van der Waals surface area (Å²) in [5.74, 6) is 0.941. The second-order valence-electron chi connectivity index (χ2n) is 7.89. The number of piperazine rings is 1. The molecular weight excluding hydrogens is 408 g/mol. The van der Waals surface area contributed by atoms with Gasteiger partial charge in [0.15, 0.2) is 0 Å². The van der Waals surface area contributed by atoms with E-state index in [2.05, 4.69) is 19.9 Å². The molecule has 0 N–H and O–H groups in total. The molecule has 3 aromatic rings. The van der Waals surface area contributed by atoms with E-state index in [0.717, 1.165) is 66.4 Å². The quantitative estimate of drug-likeness (QED) is 0.612. The van der Waals surface area contributed by atoms with Crippen molar-refractivity contribution in [3.05, 3.63) is 51.9 Å². The Hall–Kier alpha value is -2.85. The molecule has 2 aliphatic heterocycles. The summed E-state index contributed by atoms with van der Waals surface area (Å²) in [6, 6.07) is 5.39. The highest BCUT2D eigenvalue weighted by Crippen LogP contribution is 2.24. The first-order valence-electron chi connectivity index (χ1n) is 10.4. The van der Waals surface area contributed by atoms with Crippen LogP contribution in [0.1, 0.15) is 17.0 Å². The van der Waals surface area contributed by atoms with E-state index in [0.29, 0.717) is 24.1 Å². The van der Waals surface area contributed by atoms with Crippen LogP contribution < -0.4 is 10.5 Å². The van der Waals surface area contributed by atoms with Crippen LogP contribution in [0.4, 0.5) is 14.5 Å².